The van der Waals surface area contributed by atoms with Crippen LogP contribution in [0, 0.1) is 0 Å². The zero-order chi connectivity index (χ0) is 17.6. The summed E-state index contributed by atoms with van der Waals surface area (Å²) in [6, 6.07) is 1.98. The average molecular weight is 361 g/mol. The highest BCUT2D eigenvalue weighted by molar-refractivity contribution is 7.89. The van der Waals surface area contributed by atoms with Gasteiger partial charge in [-0.05, 0) is 12.5 Å². The molecule has 1 aliphatic rings. The van der Waals surface area contributed by atoms with Crippen LogP contribution < -0.4 is 4.90 Å². The van der Waals surface area contributed by atoms with Gasteiger partial charge in [-0.2, -0.15) is 4.31 Å². The van der Waals surface area contributed by atoms with Crippen LogP contribution in [0.4, 0.5) is 5.82 Å². The molecule has 132 valence electrons. The van der Waals surface area contributed by atoms with E-state index in [0.29, 0.717) is 13.1 Å². The van der Waals surface area contributed by atoms with Gasteiger partial charge in [-0.1, -0.05) is 0 Å². The quantitative estimate of drug-likeness (QED) is 0.730. The summed E-state index contributed by atoms with van der Waals surface area (Å²) in [6.07, 6.45) is 7.10. The molecule has 0 saturated carbocycles. The number of nitrogens with zero attached hydrogens (tertiary/aromatic N) is 6. The summed E-state index contributed by atoms with van der Waals surface area (Å²) in [5, 5.41) is 1.02. The predicted molar refractivity (Wildman–Crippen MR) is 92.7 cm³/mol. The number of likely N-dealkylation sites (N-methyl/N-ethyl adjacent to an activating group) is 1. The highest BCUT2D eigenvalue weighted by Crippen LogP contribution is 2.28. The second-order valence-corrected chi connectivity index (χ2v) is 8.12. The van der Waals surface area contributed by atoms with Gasteiger partial charge < -0.3 is 14.5 Å². The largest absolute Gasteiger partial charge is 0.355 e. The maximum absolute atomic E-state index is 12.7. The molecule has 0 radical (unpaired) electrons. The molecule has 25 heavy (non-hydrogen) atoms. The van der Waals surface area contributed by atoms with Crippen molar-refractivity contribution in [2.24, 2.45) is 7.05 Å². The van der Waals surface area contributed by atoms with Crippen molar-refractivity contribution in [1.29, 1.82) is 0 Å². The van der Waals surface area contributed by atoms with E-state index in [9.17, 15) is 8.42 Å². The van der Waals surface area contributed by atoms with Crippen LogP contribution in [0.15, 0.2) is 36.1 Å². The molecule has 3 aromatic heterocycles. The summed E-state index contributed by atoms with van der Waals surface area (Å²) in [7, 11) is 0.132. The summed E-state index contributed by atoms with van der Waals surface area (Å²) in [6.45, 7) is 0.876. The fourth-order valence-corrected chi connectivity index (χ4v) is 4.67. The Morgan fingerprint density at radius 3 is 2.92 bits per heavy atom. The number of imidazole rings is 1. The van der Waals surface area contributed by atoms with Gasteiger partial charge in [0.05, 0.1) is 11.7 Å². The number of hydrogen-bond acceptors (Lipinski definition) is 6. The Balaban J connectivity index is 1.57. The lowest BCUT2D eigenvalue weighted by atomic mass is 10.2. The molecule has 0 aromatic carbocycles. The summed E-state index contributed by atoms with van der Waals surface area (Å²) in [5.41, 5.74) is 0.771. The summed E-state index contributed by atoms with van der Waals surface area (Å²) < 4.78 is 28.6. The molecule has 1 aliphatic heterocycles. The van der Waals surface area contributed by atoms with E-state index in [1.54, 1.807) is 11.6 Å². The van der Waals surface area contributed by atoms with Gasteiger partial charge in [0.25, 0.3) is 10.0 Å². The van der Waals surface area contributed by atoms with Crippen LogP contribution in [0.1, 0.15) is 6.42 Å². The van der Waals surface area contributed by atoms with Crippen molar-refractivity contribution in [2.45, 2.75) is 17.5 Å². The molecule has 4 rings (SSSR count). The van der Waals surface area contributed by atoms with Crippen LogP contribution in [0.3, 0.4) is 0 Å². The van der Waals surface area contributed by atoms with Crippen LogP contribution in [0.2, 0.25) is 0 Å². The van der Waals surface area contributed by atoms with Gasteiger partial charge in [0.1, 0.15) is 17.8 Å². The zero-order valence-electron chi connectivity index (χ0n) is 14.0. The van der Waals surface area contributed by atoms with Gasteiger partial charge in [0.2, 0.25) is 0 Å². The molecular weight excluding hydrogens is 342 g/mol. The van der Waals surface area contributed by atoms with Crippen molar-refractivity contribution < 1.29 is 8.42 Å². The van der Waals surface area contributed by atoms with E-state index in [-0.39, 0.29) is 11.1 Å². The molecule has 9 nitrogen and oxygen atoms in total. The van der Waals surface area contributed by atoms with E-state index in [2.05, 4.69) is 19.9 Å². The molecule has 1 atom stereocenters. The maximum Gasteiger partial charge on any atom is 0.262 e. The molecule has 0 spiro atoms. The molecule has 4 heterocycles. The Kier molecular flexibility index (Phi) is 3.73. The first kappa shape index (κ1) is 16.0. The lowest BCUT2D eigenvalue weighted by Gasteiger charge is -2.26. The highest BCUT2D eigenvalue weighted by Gasteiger charge is 2.36. The molecular formula is C15H19N7O2S. The standard InChI is InChI=1S/C15H19N7O2S/c1-20-8-13(19-10-20)25(23,24)22-6-4-11(7-22)21(2)15-12-3-5-16-14(12)17-9-18-15/h3,5,8-11H,4,6-7H2,1-2H3,(H,16,17,18)/t11-/m1/s1. The molecule has 1 fully saturated rings. The number of H-pyrrole nitrogens is 1. The van der Waals surface area contributed by atoms with Crippen LogP contribution in [-0.4, -0.2) is 63.4 Å². The molecule has 0 unspecified atom stereocenters. The number of sulfonamides is 1. The van der Waals surface area contributed by atoms with Crippen molar-refractivity contribution in [3.8, 4) is 0 Å². The van der Waals surface area contributed by atoms with Crippen molar-refractivity contribution >= 4 is 26.9 Å². The first-order chi connectivity index (χ1) is 12.0. The SMILES string of the molecule is CN(c1ncnc2[nH]ccc12)[C@@H]1CCN(S(=O)(=O)c2cn(C)cn2)C1. The average Bonchev–Trinajstić information content (AvgIpc) is 3.33. The van der Waals surface area contributed by atoms with Crippen LogP contribution in [0.25, 0.3) is 11.0 Å². The van der Waals surface area contributed by atoms with Gasteiger partial charge in [-0.25, -0.2) is 23.4 Å². The van der Waals surface area contributed by atoms with Gasteiger partial charge in [0.15, 0.2) is 5.03 Å². The number of aromatic nitrogens is 5. The second kappa shape index (κ2) is 5.81. The van der Waals surface area contributed by atoms with Crippen molar-refractivity contribution in [2.75, 3.05) is 25.0 Å². The van der Waals surface area contributed by atoms with Gasteiger partial charge in [-0.15, -0.1) is 0 Å². The van der Waals surface area contributed by atoms with Gasteiger partial charge in [0, 0.05) is 45.6 Å². The second-order valence-electron chi connectivity index (χ2n) is 6.23. The summed E-state index contributed by atoms with van der Waals surface area (Å²) in [5.74, 6) is 0.799. The van der Waals surface area contributed by atoms with E-state index in [1.807, 2.05) is 24.2 Å². The third-order valence-corrected chi connectivity index (χ3v) is 6.38. The predicted octanol–water partition coefficient (Wildman–Crippen LogP) is 0.591. The number of aryl methyl sites for hydroxylation is 1. The minimum atomic E-state index is -3.56. The van der Waals surface area contributed by atoms with E-state index in [0.717, 1.165) is 23.3 Å². The van der Waals surface area contributed by atoms with Crippen LogP contribution in [0.5, 0.6) is 0 Å². The Hall–Kier alpha value is -2.46. The first-order valence-corrected chi connectivity index (χ1v) is 9.40. The molecule has 3 aromatic rings. The number of anilines is 1. The minimum absolute atomic E-state index is 0.0477. The van der Waals surface area contributed by atoms with E-state index >= 15 is 0 Å². The molecule has 10 heteroatoms. The fraction of sp³-hybridized carbons (Fsp3) is 0.400. The Morgan fingerprint density at radius 2 is 2.16 bits per heavy atom. The van der Waals surface area contributed by atoms with Gasteiger partial charge >= 0.3 is 0 Å². The van der Waals surface area contributed by atoms with E-state index in [1.165, 1.54) is 23.2 Å². The van der Waals surface area contributed by atoms with E-state index in [4.69, 9.17) is 0 Å². The van der Waals surface area contributed by atoms with Crippen molar-refractivity contribution in [3.63, 3.8) is 0 Å². The van der Waals surface area contributed by atoms with Crippen LogP contribution in [-0.2, 0) is 17.1 Å². The lowest BCUT2D eigenvalue weighted by Crippen LogP contribution is -2.37. The Morgan fingerprint density at radius 1 is 1.32 bits per heavy atom. The van der Waals surface area contributed by atoms with Crippen LogP contribution >= 0.6 is 0 Å². The maximum atomic E-state index is 12.7. The third-order valence-electron chi connectivity index (χ3n) is 4.63. The number of aromatic amines is 1. The number of hydrogen-bond donors (Lipinski definition) is 1. The minimum Gasteiger partial charge on any atom is -0.355 e. The van der Waals surface area contributed by atoms with E-state index < -0.39 is 10.0 Å². The molecule has 1 saturated heterocycles. The van der Waals surface area contributed by atoms with Gasteiger partial charge in [-0.3, -0.25) is 0 Å². The summed E-state index contributed by atoms with van der Waals surface area (Å²) >= 11 is 0. The molecule has 0 bridgehead atoms. The number of rotatable bonds is 4. The number of fused-ring (bicyclic) bond motifs is 1. The highest BCUT2D eigenvalue weighted by atomic mass is 32.2. The first-order valence-electron chi connectivity index (χ1n) is 7.96. The smallest absolute Gasteiger partial charge is 0.262 e. The van der Waals surface area contributed by atoms with Crippen molar-refractivity contribution in [1.82, 2.24) is 28.8 Å². The molecule has 0 amide bonds. The number of nitrogens with one attached hydrogen (secondary N) is 1. The fourth-order valence-electron chi connectivity index (χ4n) is 3.21. The summed E-state index contributed by atoms with van der Waals surface area (Å²) in [4.78, 5) is 17.7. The topological polar surface area (TPSA) is 100 Å². The van der Waals surface area contributed by atoms with Crippen molar-refractivity contribution in [3.05, 3.63) is 31.1 Å². The zero-order valence-corrected chi connectivity index (χ0v) is 14.8. The third kappa shape index (κ3) is 2.67. The molecule has 1 N–H and O–H groups in total. The monoisotopic (exact) mass is 361 g/mol. The lowest BCUT2D eigenvalue weighted by molar-refractivity contribution is 0.468. The Bertz CT molecular complexity index is 1010. The normalized spacial score (nSPS) is 18.9. The molecule has 0 aliphatic carbocycles. The Labute approximate surface area is 145 Å².